The predicted octanol–water partition coefficient (Wildman–Crippen LogP) is 1.41. The van der Waals surface area contributed by atoms with Crippen molar-refractivity contribution in [1.82, 2.24) is 0 Å². The molecule has 1 aromatic carbocycles. The lowest BCUT2D eigenvalue weighted by Gasteiger charge is -2.21. The van der Waals surface area contributed by atoms with E-state index in [2.05, 4.69) is 0 Å². The normalized spacial score (nSPS) is 20.6. The van der Waals surface area contributed by atoms with Gasteiger partial charge in [0.1, 0.15) is 0 Å². The summed E-state index contributed by atoms with van der Waals surface area (Å²) in [7, 11) is -3.73. The van der Waals surface area contributed by atoms with Crippen molar-refractivity contribution in [1.29, 1.82) is 0 Å². The molecular weight excluding hydrogens is 226 g/mol. The minimum atomic E-state index is -3.73. The van der Waals surface area contributed by atoms with Crippen LogP contribution in [0.5, 0.6) is 0 Å². The third-order valence-corrected chi connectivity index (χ3v) is 3.90. The first kappa shape index (κ1) is 11.3. The number of fused-ring (bicyclic) bond motifs is 1. The lowest BCUT2D eigenvalue weighted by atomic mass is 9.83. The van der Waals surface area contributed by atoms with Crippen molar-refractivity contribution >= 4 is 15.8 Å². The Labute approximate surface area is 94.5 Å². The number of ketones is 1. The molecule has 1 aliphatic carbocycles. The maximum Gasteiger partial charge on any atom is 0.238 e. The Morgan fingerprint density at radius 2 is 2.06 bits per heavy atom. The van der Waals surface area contributed by atoms with Crippen LogP contribution >= 0.6 is 0 Å². The Kier molecular flexibility index (Phi) is 2.59. The number of Topliss-reactive ketones (excluding diaryl/α,β-unsaturated/α-hetero) is 1. The average molecular weight is 239 g/mol. The van der Waals surface area contributed by atoms with E-state index in [1.54, 1.807) is 6.07 Å². The summed E-state index contributed by atoms with van der Waals surface area (Å²) in [6.07, 6.45) is 1.29. The zero-order chi connectivity index (χ0) is 11.9. The Balaban J connectivity index is 2.61. The molecule has 2 N–H and O–H groups in total. The van der Waals surface area contributed by atoms with Gasteiger partial charge < -0.3 is 0 Å². The Morgan fingerprint density at radius 1 is 1.38 bits per heavy atom. The number of hydrogen-bond donors (Lipinski definition) is 1. The number of carbonyl (C=O) groups is 1. The molecule has 0 radical (unpaired) electrons. The molecule has 0 aromatic heterocycles. The van der Waals surface area contributed by atoms with E-state index in [4.69, 9.17) is 5.14 Å². The van der Waals surface area contributed by atoms with Crippen LogP contribution < -0.4 is 5.14 Å². The summed E-state index contributed by atoms with van der Waals surface area (Å²) in [4.78, 5) is 11.7. The van der Waals surface area contributed by atoms with Gasteiger partial charge in [-0.2, -0.15) is 0 Å². The number of primary sulfonamides is 1. The molecule has 0 bridgehead atoms. The van der Waals surface area contributed by atoms with Crippen molar-refractivity contribution in [2.24, 2.45) is 5.14 Å². The number of rotatable bonds is 1. The summed E-state index contributed by atoms with van der Waals surface area (Å²) in [6, 6.07) is 4.54. The van der Waals surface area contributed by atoms with Gasteiger partial charge in [0.05, 0.1) is 4.90 Å². The maximum atomic E-state index is 11.7. The van der Waals surface area contributed by atoms with Crippen molar-refractivity contribution in [2.45, 2.75) is 30.6 Å². The highest BCUT2D eigenvalue weighted by Gasteiger charge is 2.24. The van der Waals surface area contributed by atoms with Crippen molar-refractivity contribution in [3.05, 3.63) is 29.3 Å². The Hall–Kier alpha value is -1.20. The molecule has 0 amide bonds. The van der Waals surface area contributed by atoms with Crippen molar-refractivity contribution < 1.29 is 13.2 Å². The van der Waals surface area contributed by atoms with E-state index in [1.165, 1.54) is 12.1 Å². The fraction of sp³-hybridized carbons (Fsp3) is 0.364. The summed E-state index contributed by atoms with van der Waals surface area (Å²) >= 11 is 0. The molecule has 0 heterocycles. The first-order valence-corrected chi connectivity index (χ1v) is 6.64. The second-order valence-electron chi connectivity index (χ2n) is 4.16. The maximum absolute atomic E-state index is 11.7. The molecular formula is C11H13NO3S. The van der Waals surface area contributed by atoms with E-state index in [-0.39, 0.29) is 10.7 Å². The lowest BCUT2D eigenvalue weighted by molar-refractivity contribution is 0.0967. The van der Waals surface area contributed by atoms with Crippen molar-refractivity contribution in [3.8, 4) is 0 Å². The first-order valence-electron chi connectivity index (χ1n) is 5.09. The molecule has 0 saturated carbocycles. The number of nitrogens with two attached hydrogens (primary N) is 1. The molecule has 1 aromatic rings. The largest absolute Gasteiger partial charge is 0.294 e. The SMILES string of the molecule is CC1CCC(=O)c2cc(S(N)(=O)=O)ccc21. The molecule has 16 heavy (non-hydrogen) atoms. The van der Waals surface area contributed by atoms with Gasteiger partial charge in [-0.05, 0) is 30.0 Å². The summed E-state index contributed by atoms with van der Waals surface area (Å²) in [6.45, 7) is 2.03. The zero-order valence-corrected chi connectivity index (χ0v) is 9.75. The molecule has 86 valence electrons. The average Bonchev–Trinajstić information content (AvgIpc) is 2.22. The van der Waals surface area contributed by atoms with Crippen LogP contribution in [0.3, 0.4) is 0 Å². The summed E-state index contributed by atoms with van der Waals surface area (Å²) in [5.41, 5.74) is 1.42. The second-order valence-corrected chi connectivity index (χ2v) is 5.72. The minimum Gasteiger partial charge on any atom is -0.294 e. The molecule has 1 atom stereocenters. The van der Waals surface area contributed by atoms with Gasteiger partial charge in [0.15, 0.2) is 5.78 Å². The van der Waals surface area contributed by atoms with E-state index in [9.17, 15) is 13.2 Å². The van der Waals surface area contributed by atoms with E-state index >= 15 is 0 Å². The Morgan fingerprint density at radius 3 is 2.69 bits per heavy atom. The van der Waals surface area contributed by atoms with Gasteiger partial charge in [-0.1, -0.05) is 13.0 Å². The molecule has 0 aliphatic heterocycles. The van der Waals surface area contributed by atoms with E-state index in [1.807, 2.05) is 6.92 Å². The topological polar surface area (TPSA) is 77.2 Å². The van der Waals surface area contributed by atoms with Gasteiger partial charge in [-0.25, -0.2) is 13.6 Å². The van der Waals surface area contributed by atoms with Crippen LogP contribution in [-0.2, 0) is 10.0 Å². The molecule has 5 heteroatoms. The lowest BCUT2D eigenvalue weighted by Crippen LogP contribution is -2.17. The highest BCUT2D eigenvalue weighted by molar-refractivity contribution is 7.89. The van der Waals surface area contributed by atoms with Gasteiger partial charge in [0.2, 0.25) is 10.0 Å². The van der Waals surface area contributed by atoms with E-state index < -0.39 is 10.0 Å². The van der Waals surface area contributed by atoms with Gasteiger partial charge in [-0.3, -0.25) is 4.79 Å². The smallest absolute Gasteiger partial charge is 0.238 e. The fourth-order valence-electron chi connectivity index (χ4n) is 2.02. The van der Waals surface area contributed by atoms with Gasteiger partial charge in [0, 0.05) is 12.0 Å². The van der Waals surface area contributed by atoms with Crippen LogP contribution in [0.2, 0.25) is 0 Å². The van der Waals surface area contributed by atoms with Gasteiger partial charge in [0.25, 0.3) is 0 Å². The van der Waals surface area contributed by atoms with Crippen LogP contribution in [-0.4, -0.2) is 14.2 Å². The number of sulfonamides is 1. The van der Waals surface area contributed by atoms with Crippen molar-refractivity contribution in [2.75, 3.05) is 0 Å². The second kappa shape index (κ2) is 3.68. The number of hydrogen-bond acceptors (Lipinski definition) is 3. The zero-order valence-electron chi connectivity index (χ0n) is 8.93. The van der Waals surface area contributed by atoms with Gasteiger partial charge >= 0.3 is 0 Å². The van der Waals surface area contributed by atoms with Crippen LogP contribution in [0.25, 0.3) is 0 Å². The van der Waals surface area contributed by atoms with E-state index in [0.29, 0.717) is 17.9 Å². The summed E-state index contributed by atoms with van der Waals surface area (Å²) < 4.78 is 22.3. The van der Waals surface area contributed by atoms with E-state index in [0.717, 1.165) is 12.0 Å². The molecule has 4 nitrogen and oxygen atoms in total. The predicted molar refractivity (Wildman–Crippen MR) is 59.8 cm³/mol. The van der Waals surface area contributed by atoms with Crippen LogP contribution in [0.1, 0.15) is 41.6 Å². The molecule has 0 fully saturated rings. The van der Waals surface area contributed by atoms with Crippen LogP contribution in [0, 0.1) is 0 Å². The molecule has 2 rings (SSSR count). The molecule has 0 spiro atoms. The minimum absolute atomic E-state index is 0.00130. The third kappa shape index (κ3) is 1.88. The highest BCUT2D eigenvalue weighted by atomic mass is 32.2. The number of benzene rings is 1. The standard InChI is InChI=1S/C11H13NO3S/c1-7-2-5-11(13)10-6-8(16(12,14)15)3-4-9(7)10/h3-4,6-7H,2,5H2,1H3,(H2,12,14,15). The first-order chi connectivity index (χ1) is 7.39. The monoisotopic (exact) mass is 239 g/mol. The Bertz CT molecular complexity index is 548. The molecule has 1 unspecified atom stereocenters. The van der Waals surface area contributed by atoms with Crippen LogP contribution in [0.4, 0.5) is 0 Å². The van der Waals surface area contributed by atoms with Crippen LogP contribution in [0.15, 0.2) is 23.1 Å². The highest BCUT2D eigenvalue weighted by Crippen LogP contribution is 2.32. The summed E-state index contributed by atoms with van der Waals surface area (Å²) in [5.74, 6) is 0.292. The van der Waals surface area contributed by atoms with Gasteiger partial charge in [-0.15, -0.1) is 0 Å². The van der Waals surface area contributed by atoms with Crippen molar-refractivity contribution in [3.63, 3.8) is 0 Å². The molecule has 1 aliphatic rings. The quantitative estimate of drug-likeness (QED) is 0.805. The molecule has 0 saturated heterocycles. The number of carbonyl (C=O) groups excluding carboxylic acids is 1. The third-order valence-electron chi connectivity index (χ3n) is 2.99. The fourth-order valence-corrected chi connectivity index (χ4v) is 2.56. The summed E-state index contributed by atoms with van der Waals surface area (Å²) in [5, 5.41) is 5.03.